The Kier molecular flexibility index (Phi) is 6.39. The monoisotopic (exact) mass is 479 g/mol. The summed E-state index contributed by atoms with van der Waals surface area (Å²) in [6, 6.07) is 17.2. The highest BCUT2D eigenvalue weighted by molar-refractivity contribution is 7.99. The van der Waals surface area contributed by atoms with Crippen LogP contribution in [0.15, 0.2) is 59.8 Å². The van der Waals surface area contributed by atoms with E-state index in [1.807, 2.05) is 60.0 Å². The maximum Gasteiger partial charge on any atom is 0.267 e. The number of para-hydroxylation sites is 3. The number of aromatic nitrogens is 3. The fourth-order valence-electron chi connectivity index (χ4n) is 4.05. The summed E-state index contributed by atoms with van der Waals surface area (Å²) < 4.78 is 13.5. The highest BCUT2D eigenvalue weighted by Gasteiger charge is 2.33. The minimum absolute atomic E-state index is 0.0172. The zero-order valence-electron chi connectivity index (χ0n) is 18.8. The van der Waals surface area contributed by atoms with Crippen LogP contribution in [0, 0.1) is 6.92 Å². The van der Waals surface area contributed by atoms with Gasteiger partial charge in [-0.2, -0.15) is 0 Å². The Balaban J connectivity index is 1.13. The molecule has 2 aliphatic heterocycles. The first kappa shape index (κ1) is 22.3. The number of piperazine rings is 1. The largest absolute Gasteiger partial charge is 0.485 e. The van der Waals surface area contributed by atoms with Crippen molar-refractivity contribution in [1.29, 1.82) is 0 Å². The fraction of sp³-hybridized carbons (Fsp3) is 0.333. The molecule has 1 fully saturated rings. The van der Waals surface area contributed by atoms with Gasteiger partial charge in [0.05, 0.1) is 5.75 Å². The smallest absolute Gasteiger partial charge is 0.267 e. The number of nitrogens with zero attached hydrogens (tertiary/aromatic N) is 5. The van der Waals surface area contributed by atoms with E-state index in [0.717, 1.165) is 11.5 Å². The number of amides is 2. The maximum absolute atomic E-state index is 12.9. The third-order valence-corrected chi connectivity index (χ3v) is 6.78. The number of hydrogen-bond acceptors (Lipinski definition) is 7. The summed E-state index contributed by atoms with van der Waals surface area (Å²) in [7, 11) is 0. The first-order valence-electron chi connectivity index (χ1n) is 11.2. The first-order chi connectivity index (χ1) is 16.6. The molecule has 0 N–H and O–H groups in total. The van der Waals surface area contributed by atoms with Gasteiger partial charge in [0.25, 0.3) is 5.91 Å². The van der Waals surface area contributed by atoms with Crippen LogP contribution in [0.1, 0.15) is 5.82 Å². The summed E-state index contributed by atoms with van der Waals surface area (Å²) in [5, 5.41) is 9.09. The molecule has 0 radical (unpaired) electrons. The third kappa shape index (κ3) is 4.58. The van der Waals surface area contributed by atoms with E-state index >= 15 is 0 Å². The molecule has 0 saturated carbocycles. The van der Waals surface area contributed by atoms with E-state index in [-0.39, 0.29) is 24.2 Å². The minimum Gasteiger partial charge on any atom is -0.485 e. The Morgan fingerprint density at radius 2 is 1.62 bits per heavy atom. The molecule has 3 heterocycles. The van der Waals surface area contributed by atoms with Crippen molar-refractivity contribution < 1.29 is 19.1 Å². The molecule has 0 unspecified atom stereocenters. The van der Waals surface area contributed by atoms with Crippen LogP contribution in [0.4, 0.5) is 0 Å². The summed E-state index contributed by atoms with van der Waals surface area (Å²) >= 11 is 1.37. The lowest BCUT2D eigenvalue weighted by molar-refractivity contribution is -0.145. The number of fused-ring (bicyclic) bond motifs is 1. The number of carbonyl (C=O) groups is 2. The Morgan fingerprint density at radius 1 is 0.941 bits per heavy atom. The van der Waals surface area contributed by atoms with Crippen LogP contribution in [0.3, 0.4) is 0 Å². The zero-order valence-corrected chi connectivity index (χ0v) is 19.6. The number of hydrogen-bond donors (Lipinski definition) is 0. The van der Waals surface area contributed by atoms with Crippen molar-refractivity contribution in [2.75, 3.05) is 38.5 Å². The fourth-order valence-corrected chi connectivity index (χ4v) is 4.95. The van der Waals surface area contributed by atoms with Crippen molar-refractivity contribution in [2.45, 2.75) is 18.2 Å². The van der Waals surface area contributed by atoms with Crippen LogP contribution >= 0.6 is 11.8 Å². The van der Waals surface area contributed by atoms with E-state index in [1.165, 1.54) is 11.8 Å². The topological polar surface area (TPSA) is 89.8 Å². The van der Waals surface area contributed by atoms with Gasteiger partial charge in [0, 0.05) is 31.9 Å². The molecule has 2 aromatic carbocycles. The quantitative estimate of drug-likeness (QED) is 0.518. The normalized spacial score (nSPS) is 17.5. The third-order valence-electron chi connectivity index (χ3n) is 5.86. The summed E-state index contributed by atoms with van der Waals surface area (Å²) in [6.45, 7) is 3.99. The van der Waals surface area contributed by atoms with Crippen LogP contribution < -0.4 is 9.47 Å². The van der Waals surface area contributed by atoms with Gasteiger partial charge >= 0.3 is 0 Å². The predicted octanol–water partition coefficient (Wildman–Crippen LogP) is 2.18. The van der Waals surface area contributed by atoms with E-state index in [0.29, 0.717) is 42.8 Å². The van der Waals surface area contributed by atoms with Crippen molar-refractivity contribution in [3.8, 4) is 17.2 Å². The molecule has 2 amide bonds. The average molecular weight is 480 g/mol. The summed E-state index contributed by atoms with van der Waals surface area (Å²) in [4.78, 5) is 29.3. The molecule has 0 spiro atoms. The predicted molar refractivity (Wildman–Crippen MR) is 126 cm³/mol. The summed E-state index contributed by atoms with van der Waals surface area (Å²) in [5.41, 5.74) is 0.962. The lowest BCUT2D eigenvalue weighted by Gasteiger charge is -2.37. The SMILES string of the molecule is Cc1nnc(SCC(=O)N2CCN(C(=O)[C@@H]3COc4ccccc4O3)CC2)n1-c1ccccc1. The van der Waals surface area contributed by atoms with Crippen LogP contribution in [-0.2, 0) is 9.59 Å². The number of benzene rings is 2. The van der Waals surface area contributed by atoms with Gasteiger partial charge in [-0.15, -0.1) is 10.2 Å². The van der Waals surface area contributed by atoms with Crippen LogP contribution in [0.2, 0.25) is 0 Å². The Labute approximate surface area is 201 Å². The van der Waals surface area contributed by atoms with Crippen LogP contribution in [-0.4, -0.2) is 81.0 Å². The number of rotatable bonds is 5. The van der Waals surface area contributed by atoms with Gasteiger partial charge in [-0.3, -0.25) is 14.2 Å². The molecule has 176 valence electrons. The first-order valence-corrected chi connectivity index (χ1v) is 12.1. The van der Waals surface area contributed by atoms with Crippen LogP contribution in [0.5, 0.6) is 11.5 Å². The van der Waals surface area contributed by atoms with E-state index in [4.69, 9.17) is 9.47 Å². The molecule has 3 aromatic rings. The molecule has 1 aromatic heterocycles. The lowest BCUT2D eigenvalue weighted by Crippen LogP contribution is -2.55. The standard InChI is InChI=1S/C24H25N5O4S/c1-17-25-26-24(29(17)18-7-3-2-4-8-18)34-16-22(30)27-11-13-28(14-12-27)23(31)21-15-32-19-9-5-6-10-20(19)33-21/h2-10,21H,11-16H2,1H3/t21-/m0/s1. The molecule has 0 bridgehead atoms. The van der Waals surface area contributed by atoms with Gasteiger partial charge in [-0.1, -0.05) is 42.1 Å². The Bertz CT molecular complexity index is 1180. The van der Waals surface area contributed by atoms with E-state index in [9.17, 15) is 9.59 Å². The number of carbonyl (C=O) groups excluding carboxylic acids is 2. The summed E-state index contributed by atoms with van der Waals surface area (Å²) in [5.74, 6) is 2.17. The molecule has 0 aliphatic carbocycles. The van der Waals surface area contributed by atoms with Gasteiger partial charge in [0.15, 0.2) is 16.7 Å². The van der Waals surface area contributed by atoms with Crippen molar-refractivity contribution >= 4 is 23.6 Å². The molecule has 34 heavy (non-hydrogen) atoms. The van der Waals surface area contributed by atoms with Gasteiger partial charge in [0.2, 0.25) is 12.0 Å². The van der Waals surface area contributed by atoms with Crippen molar-refractivity contribution in [1.82, 2.24) is 24.6 Å². The second-order valence-electron chi connectivity index (χ2n) is 8.06. The Morgan fingerprint density at radius 3 is 2.38 bits per heavy atom. The van der Waals surface area contributed by atoms with Crippen molar-refractivity contribution in [3.63, 3.8) is 0 Å². The average Bonchev–Trinajstić information content (AvgIpc) is 3.27. The molecule has 10 heteroatoms. The number of thioether (sulfide) groups is 1. The van der Waals surface area contributed by atoms with Gasteiger partial charge < -0.3 is 19.3 Å². The van der Waals surface area contributed by atoms with Gasteiger partial charge in [0.1, 0.15) is 12.4 Å². The van der Waals surface area contributed by atoms with Crippen molar-refractivity contribution in [3.05, 3.63) is 60.4 Å². The lowest BCUT2D eigenvalue weighted by atomic mass is 10.2. The minimum atomic E-state index is -0.666. The van der Waals surface area contributed by atoms with Gasteiger partial charge in [-0.05, 0) is 31.2 Å². The number of aryl methyl sites for hydroxylation is 1. The summed E-state index contributed by atoms with van der Waals surface area (Å²) in [6.07, 6.45) is -0.666. The molecule has 5 rings (SSSR count). The molecule has 9 nitrogen and oxygen atoms in total. The molecule has 1 atom stereocenters. The second-order valence-corrected chi connectivity index (χ2v) is 9.00. The van der Waals surface area contributed by atoms with Crippen LogP contribution in [0.25, 0.3) is 5.69 Å². The highest BCUT2D eigenvalue weighted by Crippen LogP contribution is 2.31. The maximum atomic E-state index is 12.9. The Hall–Kier alpha value is -3.53. The molecular weight excluding hydrogens is 454 g/mol. The van der Waals surface area contributed by atoms with E-state index in [2.05, 4.69) is 10.2 Å². The number of ether oxygens (including phenoxy) is 2. The highest BCUT2D eigenvalue weighted by atomic mass is 32.2. The molecule has 1 saturated heterocycles. The van der Waals surface area contributed by atoms with Crippen molar-refractivity contribution in [2.24, 2.45) is 0 Å². The molecule has 2 aliphatic rings. The van der Waals surface area contributed by atoms with Gasteiger partial charge in [-0.25, -0.2) is 0 Å². The second kappa shape index (κ2) is 9.76. The van der Waals surface area contributed by atoms with E-state index < -0.39 is 6.10 Å². The molecular formula is C24H25N5O4S. The zero-order chi connectivity index (χ0) is 23.5. The van der Waals surface area contributed by atoms with E-state index in [1.54, 1.807) is 15.9 Å².